The Labute approximate surface area is 82.2 Å². The maximum Gasteiger partial charge on any atom is 0.133 e. The van der Waals surface area contributed by atoms with E-state index in [1.807, 2.05) is 30.0 Å². The topological polar surface area (TPSA) is 18.5 Å². The molecule has 0 amide bonds. The van der Waals surface area contributed by atoms with Crippen LogP contribution in [-0.2, 0) is 4.74 Å². The van der Waals surface area contributed by atoms with Crippen LogP contribution in [0.15, 0.2) is 29.2 Å². The van der Waals surface area contributed by atoms with Crippen molar-refractivity contribution in [1.29, 1.82) is 0 Å². The predicted octanol–water partition coefficient (Wildman–Crippen LogP) is 2.19. The lowest BCUT2D eigenvalue weighted by Gasteiger charge is -2.24. The summed E-state index contributed by atoms with van der Waals surface area (Å²) in [7, 11) is 1.70. The molecule has 2 rings (SSSR count). The van der Waals surface area contributed by atoms with Gasteiger partial charge in [0.25, 0.3) is 0 Å². The van der Waals surface area contributed by atoms with E-state index >= 15 is 0 Å². The van der Waals surface area contributed by atoms with Gasteiger partial charge in [-0.1, -0.05) is 12.1 Å². The molecule has 0 bridgehead atoms. The SMILES string of the molecule is COC[C@H]1CSc2ccccc2O1. The van der Waals surface area contributed by atoms with Crippen molar-refractivity contribution in [3.63, 3.8) is 0 Å². The predicted molar refractivity (Wildman–Crippen MR) is 53.5 cm³/mol. The van der Waals surface area contributed by atoms with Crippen molar-refractivity contribution < 1.29 is 9.47 Å². The molecule has 0 aromatic heterocycles. The van der Waals surface area contributed by atoms with Gasteiger partial charge in [-0.2, -0.15) is 0 Å². The van der Waals surface area contributed by atoms with Crippen LogP contribution in [0.3, 0.4) is 0 Å². The van der Waals surface area contributed by atoms with Gasteiger partial charge in [-0.15, -0.1) is 11.8 Å². The first kappa shape index (κ1) is 8.91. The zero-order chi connectivity index (χ0) is 9.10. The normalized spacial score (nSPS) is 20.5. The van der Waals surface area contributed by atoms with Crippen LogP contribution in [0.5, 0.6) is 5.75 Å². The van der Waals surface area contributed by atoms with Gasteiger partial charge in [0.15, 0.2) is 0 Å². The van der Waals surface area contributed by atoms with Crippen molar-refractivity contribution in [2.45, 2.75) is 11.0 Å². The van der Waals surface area contributed by atoms with Crippen molar-refractivity contribution in [3.8, 4) is 5.75 Å². The van der Waals surface area contributed by atoms with E-state index in [0.717, 1.165) is 11.5 Å². The lowest BCUT2D eigenvalue weighted by molar-refractivity contribution is 0.0906. The van der Waals surface area contributed by atoms with Gasteiger partial charge in [0.2, 0.25) is 0 Å². The fraction of sp³-hybridized carbons (Fsp3) is 0.400. The van der Waals surface area contributed by atoms with E-state index < -0.39 is 0 Å². The quantitative estimate of drug-likeness (QED) is 0.722. The van der Waals surface area contributed by atoms with Gasteiger partial charge >= 0.3 is 0 Å². The van der Waals surface area contributed by atoms with Crippen LogP contribution < -0.4 is 4.74 Å². The maximum absolute atomic E-state index is 5.73. The standard InChI is InChI=1S/C10H12O2S/c1-11-6-8-7-13-10-5-3-2-4-9(10)12-8/h2-5,8H,6-7H2,1H3/t8-/m0/s1. The molecular formula is C10H12O2S. The highest BCUT2D eigenvalue weighted by Crippen LogP contribution is 2.34. The van der Waals surface area contributed by atoms with Gasteiger partial charge in [0.05, 0.1) is 6.61 Å². The van der Waals surface area contributed by atoms with Gasteiger partial charge in [-0.25, -0.2) is 0 Å². The third-order valence-corrected chi connectivity index (χ3v) is 3.11. The summed E-state index contributed by atoms with van der Waals surface area (Å²) in [4.78, 5) is 1.23. The highest BCUT2D eigenvalue weighted by molar-refractivity contribution is 7.99. The molecule has 2 nitrogen and oxygen atoms in total. The number of benzene rings is 1. The van der Waals surface area contributed by atoms with Crippen LogP contribution >= 0.6 is 11.8 Å². The van der Waals surface area contributed by atoms with Crippen LogP contribution in [0.2, 0.25) is 0 Å². The molecule has 0 saturated heterocycles. The van der Waals surface area contributed by atoms with Crippen molar-refractivity contribution in [1.82, 2.24) is 0 Å². The molecule has 1 aromatic rings. The lowest BCUT2D eigenvalue weighted by atomic mass is 10.3. The van der Waals surface area contributed by atoms with Crippen molar-refractivity contribution in [3.05, 3.63) is 24.3 Å². The van der Waals surface area contributed by atoms with E-state index in [1.165, 1.54) is 4.90 Å². The molecule has 1 aliphatic heterocycles. The van der Waals surface area contributed by atoms with Gasteiger partial charge in [-0.05, 0) is 12.1 Å². The number of rotatable bonds is 2. The molecule has 1 aromatic carbocycles. The first-order chi connectivity index (χ1) is 6.40. The van der Waals surface area contributed by atoms with E-state index in [9.17, 15) is 0 Å². The average Bonchev–Trinajstić information content (AvgIpc) is 2.18. The number of ether oxygens (including phenoxy) is 2. The average molecular weight is 196 g/mol. The van der Waals surface area contributed by atoms with Crippen LogP contribution in [0.1, 0.15) is 0 Å². The van der Waals surface area contributed by atoms with E-state index in [0.29, 0.717) is 6.61 Å². The molecule has 1 atom stereocenters. The Kier molecular flexibility index (Phi) is 2.76. The molecule has 0 unspecified atom stereocenters. The summed E-state index contributed by atoms with van der Waals surface area (Å²) in [6, 6.07) is 8.12. The molecule has 0 spiro atoms. The molecule has 0 radical (unpaired) electrons. The number of para-hydroxylation sites is 1. The maximum atomic E-state index is 5.73. The molecule has 0 saturated carbocycles. The third-order valence-electron chi connectivity index (χ3n) is 1.92. The second-order valence-corrected chi connectivity index (χ2v) is 4.01. The number of thioether (sulfide) groups is 1. The van der Waals surface area contributed by atoms with Crippen LogP contribution in [0.25, 0.3) is 0 Å². The smallest absolute Gasteiger partial charge is 0.133 e. The van der Waals surface area contributed by atoms with Crippen molar-refractivity contribution in [2.75, 3.05) is 19.5 Å². The van der Waals surface area contributed by atoms with Gasteiger partial charge < -0.3 is 9.47 Å². The Morgan fingerprint density at radius 3 is 3.23 bits per heavy atom. The van der Waals surface area contributed by atoms with Gasteiger partial charge in [0, 0.05) is 17.8 Å². The molecule has 1 heterocycles. The minimum atomic E-state index is 0.199. The second kappa shape index (κ2) is 4.03. The molecule has 0 fully saturated rings. The molecule has 13 heavy (non-hydrogen) atoms. The molecule has 3 heteroatoms. The summed E-state index contributed by atoms with van der Waals surface area (Å²) in [6.45, 7) is 0.668. The Bertz CT molecular complexity index is 288. The first-order valence-corrected chi connectivity index (χ1v) is 5.26. The molecule has 0 aliphatic carbocycles. The lowest BCUT2D eigenvalue weighted by Crippen LogP contribution is -2.27. The van der Waals surface area contributed by atoms with Crippen LogP contribution in [0, 0.1) is 0 Å². The summed E-state index contributed by atoms with van der Waals surface area (Å²) in [6.07, 6.45) is 0.199. The Hall–Kier alpha value is -0.670. The second-order valence-electron chi connectivity index (χ2n) is 2.95. The molecule has 70 valence electrons. The third kappa shape index (κ3) is 1.98. The van der Waals surface area contributed by atoms with Gasteiger partial charge in [-0.3, -0.25) is 0 Å². The van der Waals surface area contributed by atoms with E-state index in [-0.39, 0.29) is 6.10 Å². The molecule has 0 N–H and O–H groups in total. The Balaban J connectivity index is 2.11. The Morgan fingerprint density at radius 2 is 2.38 bits per heavy atom. The van der Waals surface area contributed by atoms with Crippen LogP contribution in [0.4, 0.5) is 0 Å². The number of fused-ring (bicyclic) bond motifs is 1. The molecule has 1 aliphatic rings. The van der Waals surface area contributed by atoms with E-state index in [4.69, 9.17) is 9.47 Å². The summed E-state index contributed by atoms with van der Waals surface area (Å²) >= 11 is 1.83. The van der Waals surface area contributed by atoms with Gasteiger partial charge in [0.1, 0.15) is 11.9 Å². The summed E-state index contributed by atoms with van der Waals surface area (Å²) in [5.74, 6) is 1.96. The first-order valence-electron chi connectivity index (χ1n) is 4.27. The molecular weight excluding hydrogens is 184 g/mol. The zero-order valence-electron chi connectivity index (χ0n) is 7.53. The summed E-state index contributed by atoms with van der Waals surface area (Å²) in [5, 5.41) is 0. The Morgan fingerprint density at radius 1 is 1.54 bits per heavy atom. The fourth-order valence-corrected chi connectivity index (χ4v) is 2.29. The minimum absolute atomic E-state index is 0.199. The van der Waals surface area contributed by atoms with E-state index in [1.54, 1.807) is 7.11 Å². The van der Waals surface area contributed by atoms with Crippen molar-refractivity contribution >= 4 is 11.8 Å². The summed E-state index contributed by atoms with van der Waals surface area (Å²) in [5.41, 5.74) is 0. The summed E-state index contributed by atoms with van der Waals surface area (Å²) < 4.78 is 10.8. The highest BCUT2D eigenvalue weighted by atomic mass is 32.2. The fourth-order valence-electron chi connectivity index (χ4n) is 1.33. The van der Waals surface area contributed by atoms with Crippen molar-refractivity contribution in [2.24, 2.45) is 0 Å². The number of methoxy groups -OCH3 is 1. The highest BCUT2D eigenvalue weighted by Gasteiger charge is 2.19. The zero-order valence-corrected chi connectivity index (χ0v) is 8.34. The minimum Gasteiger partial charge on any atom is -0.486 e. The van der Waals surface area contributed by atoms with Crippen LogP contribution in [-0.4, -0.2) is 25.6 Å². The number of hydrogen-bond donors (Lipinski definition) is 0. The monoisotopic (exact) mass is 196 g/mol. The largest absolute Gasteiger partial charge is 0.486 e. The number of hydrogen-bond acceptors (Lipinski definition) is 3. The van der Waals surface area contributed by atoms with E-state index in [2.05, 4.69) is 6.07 Å².